The number of amides is 1. The number of benzene rings is 2. The van der Waals surface area contributed by atoms with Crippen LogP contribution in [0.15, 0.2) is 47.6 Å². The molecule has 0 aliphatic heterocycles. The van der Waals surface area contributed by atoms with Crippen LogP contribution in [0.1, 0.15) is 29.8 Å². The summed E-state index contributed by atoms with van der Waals surface area (Å²) in [6.45, 7) is 4.79. The Morgan fingerprint density at radius 1 is 1.12 bits per heavy atom. The van der Waals surface area contributed by atoms with Gasteiger partial charge in [0, 0.05) is 17.7 Å². The van der Waals surface area contributed by atoms with Gasteiger partial charge in [-0.3, -0.25) is 14.9 Å². The van der Waals surface area contributed by atoms with Gasteiger partial charge in [-0.05, 0) is 49.7 Å². The molecular formula is C18H19N3O5. The zero-order chi connectivity index (χ0) is 18.9. The van der Waals surface area contributed by atoms with Crippen LogP contribution in [0.25, 0.3) is 0 Å². The van der Waals surface area contributed by atoms with Crippen molar-refractivity contribution < 1.29 is 19.2 Å². The van der Waals surface area contributed by atoms with Crippen molar-refractivity contribution in [2.45, 2.75) is 13.8 Å². The molecule has 8 heteroatoms. The normalized spacial score (nSPS) is 10.5. The number of hydrazone groups is 1. The van der Waals surface area contributed by atoms with Gasteiger partial charge in [-0.2, -0.15) is 5.10 Å². The molecule has 0 saturated carbocycles. The van der Waals surface area contributed by atoms with Crippen LogP contribution >= 0.6 is 0 Å². The summed E-state index contributed by atoms with van der Waals surface area (Å²) in [5.41, 5.74) is 3.29. The van der Waals surface area contributed by atoms with Gasteiger partial charge in [0.25, 0.3) is 11.6 Å². The molecule has 0 aliphatic carbocycles. The number of nitrogens with zero attached hydrogens (tertiary/aromatic N) is 2. The molecule has 2 aromatic carbocycles. The summed E-state index contributed by atoms with van der Waals surface area (Å²) in [5.74, 6) is 0.772. The number of hydrogen-bond donors (Lipinski definition) is 1. The molecule has 0 unspecified atom stereocenters. The highest BCUT2D eigenvalue weighted by atomic mass is 16.6. The molecule has 0 atom stereocenters. The summed E-state index contributed by atoms with van der Waals surface area (Å²) >= 11 is 0. The number of hydrogen-bond acceptors (Lipinski definition) is 6. The molecule has 0 aliphatic rings. The van der Waals surface area contributed by atoms with Gasteiger partial charge in [-0.25, -0.2) is 5.43 Å². The SMILES string of the molecule is CCOc1ccc(/C=N/NC(=O)c2ccc([N+](=O)[O-])cc2)cc1OCC. The first-order chi connectivity index (χ1) is 12.5. The molecule has 0 spiro atoms. The van der Waals surface area contributed by atoms with Gasteiger partial charge in [0.15, 0.2) is 11.5 Å². The highest BCUT2D eigenvalue weighted by Gasteiger charge is 2.09. The summed E-state index contributed by atoms with van der Waals surface area (Å²) in [6, 6.07) is 10.6. The Hall–Kier alpha value is -3.42. The maximum Gasteiger partial charge on any atom is 0.271 e. The lowest BCUT2D eigenvalue weighted by Crippen LogP contribution is -2.17. The highest BCUT2D eigenvalue weighted by molar-refractivity contribution is 5.95. The van der Waals surface area contributed by atoms with Crippen LogP contribution in [0.3, 0.4) is 0 Å². The molecule has 0 fully saturated rings. The molecule has 0 radical (unpaired) electrons. The second-order valence-corrected chi connectivity index (χ2v) is 5.08. The van der Waals surface area contributed by atoms with Crippen LogP contribution in [0, 0.1) is 10.1 Å². The lowest BCUT2D eigenvalue weighted by molar-refractivity contribution is -0.384. The Labute approximate surface area is 150 Å². The van der Waals surface area contributed by atoms with Gasteiger partial charge in [-0.15, -0.1) is 0 Å². The number of nitro benzene ring substituents is 1. The molecule has 0 aromatic heterocycles. The van der Waals surface area contributed by atoms with Crippen LogP contribution in [-0.2, 0) is 0 Å². The summed E-state index contributed by atoms with van der Waals surface area (Å²) < 4.78 is 11.0. The molecule has 0 heterocycles. The number of rotatable bonds is 8. The molecule has 136 valence electrons. The maximum absolute atomic E-state index is 12.0. The molecular weight excluding hydrogens is 338 g/mol. The number of nitrogens with one attached hydrogen (secondary N) is 1. The van der Waals surface area contributed by atoms with Crippen molar-refractivity contribution >= 4 is 17.8 Å². The predicted octanol–water partition coefficient (Wildman–Crippen LogP) is 3.16. The molecule has 1 amide bonds. The highest BCUT2D eigenvalue weighted by Crippen LogP contribution is 2.27. The Morgan fingerprint density at radius 2 is 1.77 bits per heavy atom. The molecule has 2 rings (SSSR count). The van der Waals surface area contributed by atoms with E-state index in [-0.39, 0.29) is 11.3 Å². The lowest BCUT2D eigenvalue weighted by Gasteiger charge is -2.11. The van der Waals surface area contributed by atoms with E-state index in [2.05, 4.69) is 10.5 Å². The van der Waals surface area contributed by atoms with E-state index in [1.807, 2.05) is 13.8 Å². The number of carbonyl (C=O) groups is 1. The van der Waals surface area contributed by atoms with Gasteiger partial charge in [-0.1, -0.05) is 0 Å². The fourth-order valence-electron chi connectivity index (χ4n) is 2.11. The van der Waals surface area contributed by atoms with Crippen molar-refractivity contribution in [1.29, 1.82) is 0 Å². The summed E-state index contributed by atoms with van der Waals surface area (Å²) in [4.78, 5) is 22.1. The standard InChI is InChI=1S/C18H19N3O5/c1-3-25-16-10-5-13(11-17(16)26-4-2)12-19-20-18(22)14-6-8-15(9-7-14)21(23)24/h5-12H,3-4H2,1-2H3,(H,20,22)/b19-12+. The van der Waals surface area contributed by atoms with Crippen LogP contribution in [-0.4, -0.2) is 30.3 Å². The first-order valence-electron chi connectivity index (χ1n) is 8.02. The molecule has 26 heavy (non-hydrogen) atoms. The maximum atomic E-state index is 12.0. The smallest absolute Gasteiger partial charge is 0.271 e. The van der Waals surface area contributed by atoms with Gasteiger partial charge in [0.1, 0.15) is 0 Å². The third-order valence-corrected chi connectivity index (χ3v) is 3.29. The van der Waals surface area contributed by atoms with E-state index in [1.165, 1.54) is 30.5 Å². The van der Waals surface area contributed by atoms with Crippen LogP contribution < -0.4 is 14.9 Å². The minimum Gasteiger partial charge on any atom is -0.490 e. The van der Waals surface area contributed by atoms with Crippen molar-refractivity contribution in [2.24, 2.45) is 5.10 Å². The Morgan fingerprint density at radius 3 is 2.38 bits per heavy atom. The van der Waals surface area contributed by atoms with Crippen molar-refractivity contribution in [3.8, 4) is 11.5 Å². The van der Waals surface area contributed by atoms with E-state index in [1.54, 1.807) is 18.2 Å². The first-order valence-corrected chi connectivity index (χ1v) is 8.02. The number of non-ortho nitro benzene ring substituents is 1. The monoisotopic (exact) mass is 357 g/mol. The Balaban J connectivity index is 2.03. The summed E-state index contributed by atoms with van der Waals surface area (Å²) in [5, 5.41) is 14.5. The number of carbonyl (C=O) groups excluding carboxylic acids is 1. The van der Waals surface area contributed by atoms with Crippen LogP contribution in [0.5, 0.6) is 11.5 Å². The van der Waals surface area contributed by atoms with Crippen molar-refractivity contribution in [1.82, 2.24) is 5.43 Å². The van der Waals surface area contributed by atoms with Crippen molar-refractivity contribution in [2.75, 3.05) is 13.2 Å². The second-order valence-electron chi connectivity index (χ2n) is 5.08. The van der Waals surface area contributed by atoms with Gasteiger partial charge < -0.3 is 9.47 Å². The Kier molecular flexibility index (Phi) is 6.67. The first kappa shape index (κ1) is 18.9. The zero-order valence-corrected chi connectivity index (χ0v) is 14.5. The minimum atomic E-state index is -0.526. The second kappa shape index (κ2) is 9.16. The van der Waals surface area contributed by atoms with E-state index in [9.17, 15) is 14.9 Å². The Bertz CT molecular complexity index is 803. The third-order valence-electron chi connectivity index (χ3n) is 3.29. The van der Waals surface area contributed by atoms with Crippen molar-refractivity contribution in [3.05, 3.63) is 63.7 Å². The van der Waals surface area contributed by atoms with Crippen molar-refractivity contribution in [3.63, 3.8) is 0 Å². The predicted molar refractivity (Wildman–Crippen MR) is 96.9 cm³/mol. The number of ether oxygens (including phenoxy) is 2. The summed E-state index contributed by atoms with van der Waals surface area (Å²) in [6.07, 6.45) is 1.47. The zero-order valence-electron chi connectivity index (χ0n) is 14.5. The fraction of sp³-hybridized carbons (Fsp3) is 0.222. The summed E-state index contributed by atoms with van der Waals surface area (Å²) in [7, 11) is 0. The van der Waals surface area contributed by atoms with E-state index in [0.717, 1.165) is 5.56 Å². The third kappa shape index (κ3) is 5.04. The lowest BCUT2D eigenvalue weighted by atomic mass is 10.2. The molecule has 0 bridgehead atoms. The largest absolute Gasteiger partial charge is 0.490 e. The molecule has 2 aromatic rings. The van der Waals surface area contributed by atoms with E-state index in [0.29, 0.717) is 24.7 Å². The minimum absolute atomic E-state index is 0.0807. The molecule has 1 N–H and O–H groups in total. The van der Waals surface area contributed by atoms with Crippen LogP contribution in [0.4, 0.5) is 5.69 Å². The van der Waals surface area contributed by atoms with E-state index in [4.69, 9.17) is 9.47 Å². The topological polar surface area (TPSA) is 103 Å². The van der Waals surface area contributed by atoms with Crippen LogP contribution in [0.2, 0.25) is 0 Å². The van der Waals surface area contributed by atoms with Gasteiger partial charge >= 0.3 is 0 Å². The van der Waals surface area contributed by atoms with Gasteiger partial charge in [0.2, 0.25) is 0 Å². The quantitative estimate of drug-likeness (QED) is 0.444. The molecule has 0 saturated heterocycles. The average Bonchev–Trinajstić information content (AvgIpc) is 2.64. The van der Waals surface area contributed by atoms with E-state index >= 15 is 0 Å². The number of nitro groups is 1. The van der Waals surface area contributed by atoms with E-state index < -0.39 is 10.8 Å². The average molecular weight is 357 g/mol. The van der Waals surface area contributed by atoms with Gasteiger partial charge in [0.05, 0.1) is 24.4 Å². The fourth-order valence-corrected chi connectivity index (χ4v) is 2.11. The molecule has 8 nitrogen and oxygen atoms in total.